The molecule has 0 saturated heterocycles. The first-order chi connectivity index (χ1) is 21.1. The summed E-state index contributed by atoms with van der Waals surface area (Å²) in [6, 6.07) is 3.92. The number of aromatic nitrogens is 6. The number of methoxy groups -OCH3 is 1. The molecule has 2 amide bonds. The average molecular weight is 540 g/mol. The first-order valence-corrected chi connectivity index (χ1v) is 12.5. The van der Waals surface area contributed by atoms with Gasteiger partial charge in [0.05, 0.1) is 30.0 Å². The molecule has 0 bridgehead atoms. The summed E-state index contributed by atoms with van der Waals surface area (Å²) in [5, 5.41) is 10.3. The number of nitrogens with one attached hydrogen (secondary N) is 2. The van der Waals surface area contributed by atoms with Gasteiger partial charge in [-0.2, -0.15) is 5.10 Å². The van der Waals surface area contributed by atoms with Gasteiger partial charge < -0.3 is 21.1 Å². The van der Waals surface area contributed by atoms with Crippen LogP contribution in [0.1, 0.15) is 52.6 Å². The number of hydrogen-bond donors (Lipinski definition) is 3. The summed E-state index contributed by atoms with van der Waals surface area (Å²) < 4.78 is 56.0. The molecule has 204 valence electrons. The second kappa shape index (κ2) is 8.82. The number of imidazole rings is 1. The van der Waals surface area contributed by atoms with Crippen molar-refractivity contribution in [3.8, 4) is 0 Å². The number of hydrogen-bond acceptors (Lipinski definition) is 8. The second-order valence-electron chi connectivity index (χ2n) is 10.2. The maximum absolute atomic E-state index is 13.5. The number of rotatable bonds is 6. The van der Waals surface area contributed by atoms with E-state index in [1.54, 1.807) is 0 Å². The van der Waals surface area contributed by atoms with Crippen LogP contribution in [-0.4, -0.2) is 54.0 Å². The lowest BCUT2D eigenvalue weighted by Gasteiger charge is -2.15. The Morgan fingerprint density at radius 3 is 2.77 bits per heavy atom. The number of anilines is 2. The van der Waals surface area contributed by atoms with Gasteiger partial charge in [0.1, 0.15) is 17.2 Å². The molecule has 2 saturated carbocycles. The molecule has 0 radical (unpaired) electrons. The van der Waals surface area contributed by atoms with Crippen molar-refractivity contribution in [3.05, 3.63) is 40.6 Å². The van der Waals surface area contributed by atoms with Crippen LogP contribution in [0.25, 0.3) is 22.1 Å². The highest BCUT2D eigenvalue weighted by Gasteiger charge is 2.60. The zero-order chi connectivity index (χ0) is 32.6. The number of primary amides is 1. The smallest absolute Gasteiger partial charge is 0.407 e. The van der Waals surface area contributed by atoms with Crippen molar-refractivity contribution in [2.75, 3.05) is 12.4 Å². The van der Waals surface area contributed by atoms with Gasteiger partial charge in [-0.3, -0.25) is 13.9 Å². The molecule has 0 aromatic carbocycles. The van der Waals surface area contributed by atoms with Gasteiger partial charge in [0.25, 0.3) is 0 Å². The van der Waals surface area contributed by atoms with Crippen LogP contribution in [0.15, 0.2) is 29.2 Å². The number of nitrogens with zero attached hydrogens (tertiary/aromatic N) is 6. The molecule has 2 fully saturated rings. The highest BCUT2D eigenvalue weighted by molar-refractivity contribution is 5.90. The molecule has 4 aromatic rings. The molecule has 0 spiro atoms. The molecule has 4 aromatic heterocycles. The lowest BCUT2D eigenvalue weighted by molar-refractivity contribution is -0.123. The molecule has 13 heteroatoms. The molecule has 0 aliphatic heterocycles. The normalized spacial score (nSPS) is 27.2. The van der Waals surface area contributed by atoms with Crippen molar-refractivity contribution in [1.29, 1.82) is 0 Å². The Hall–Kier alpha value is -4.42. The van der Waals surface area contributed by atoms with E-state index in [0.29, 0.717) is 31.2 Å². The van der Waals surface area contributed by atoms with Crippen molar-refractivity contribution in [2.24, 2.45) is 18.6 Å². The second-order valence-corrected chi connectivity index (χ2v) is 10.2. The molecule has 39 heavy (non-hydrogen) atoms. The lowest BCUT2D eigenvalue weighted by Crippen LogP contribution is -2.36. The largest absolute Gasteiger partial charge is 0.453 e. The van der Waals surface area contributed by atoms with E-state index in [1.807, 2.05) is 6.92 Å². The first-order valence-electron chi connectivity index (χ1n) is 15.5. The third-order valence-electron chi connectivity index (χ3n) is 7.90. The van der Waals surface area contributed by atoms with Crippen LogP contribution in [0, 0.1) is 12.8 Å². The minimum absolute atomic E-state index is 0.102. The number of alkyl carbamates (subject to hydrolysis) is 1. The maximum atomic E-state index is 13.5. The van der Waals surface area contributed by atoms with Gasteiger partial charge in [0.15, 0.2) is 5.65 Å². The van der Waals surface area contributed by atoms with E-state index >= 15 is 0 Å². The van der Waals surface area contributed by atoms with Gasteiger partial charge >= 0.3 is 11.8 Å². The van der Waals surface area contributed by atoms with Gasteiger partial charge in [-0.15, -0.1) is 0 Å². The van der Waals surface area contributed by atoms with Crippen LogP contribution in [-0.2, 0) is 22.0 Å². The molecule has 4 heterocycles. The molecule has 4 unspecified atom stereocenters. The van der Waals surface area contributed by atoms with Crippen molar-refractivity contribution >= 4 is 45.7 Å². The fourth-order valence-corrected chi connectivity index (χ4v) is 5.71. The molecular formula is C26H31N9O4. The van der Waals surface area contributed by atoms with Crippen LogP contribution in [0.2, 0.25) is 0 Å². The monoisotopic (exact) mass is 539 g/mol. The van der Waals surface area contributed by atoms with Crippen LogP contribution in [0.4, 0.5) is 16.4 Å². The maximum Gasteiger partial charge on any atom is 0.407 e. The Kier molecular flexibility index (Phi) is 4.24. The van der Waals surface area contributed by atoms with Gasteiger partial charge in [-0.1, -0.05) is 6.92 Å². The van der Waals surface area contributed by atoms with Gasteiger partial charge in [0.2, 0.25) is 5.91 Å². The highest BCUT2D eigenvalue weighted by atomic mass is 16.5. The zero-order valence-electron chi connectivity index (χ0n) is 27.3. The fourth-order valence-electron chi connectivity index (χ4n) is 5.71. The Balaban J connectivity index is 1.42. The molecule has 6 rings (SSSR count). The van der Waals surface area contributed by atoms with E-state index in [1.165, 1.54) is 40.8 Å². The van der Waals surface area contributed by atoms with Crippen LogP contribution < -0.4 is 22.1 Å². The molecule has 4 atom stereocenters. The third kappa shape index (κ3) is 3.82. The summed E-state index contributed by atoms with van der Waals surface area (Å²) in [5.41, 5.74) is 4.16. The van der Waals surface area contributed by atoms with Crippen LogP contribution >= 0.6 is 0 Å². The SMILES string of the molecule is [2H]C([2H])([2H])c1nn(C2(C(N)=O)CC2C)c2nc(Nc3cc4c(cn3)n(C([2H])([2H])[2H])c(=O)n4C3CCC(NC(=O)OC)C3)ccc12. The van der Waals surface area contributed by atoms with Crippen molar-refractivity contribution in [3.63, 3.8) is 0 Å². The van der Waals surface area contributed by atoms with Crippen molar-refractivity contribution in [1.82, 2.24) is 34.2 Å². The van der Waals surface area contributed by atoms with Crippen LogP contribution in [0.3, 0.4) is 0 Å². The quantitative estimate of drug-likeness (QED) is 0.336. The Morgan fingerprint density at radius 1 is 1.26 bits per heavy atom. The summed E-state index contributed by atoms with van der Waals surface area (Å²) in [5.74, 6) is -0.370. The highest BCUT2D eigenvalue weighted by Crippen LogP contribution is 2.50. The average Bonchev–Trinajstić information content (AvgIpc) is 3.24. The van der Waals surface area contributed by atoms with E-state index in [4.69, 9.17) is 14.0 Å². The minimum Gasteiger partial charge on any atom is -0.453 e. The number of aryl methyl sites for hydroxylation is 2. The summed E-state index contributed by atoms with van der Waals surface area (Å²) in [4.78, 5) is 46.7. The number of carbonyl (C=O) groups excluding carboxylic acids is 2. The summed E-state index contributed by atoms with van der Waals surface area (Å²) in [6.45, 7) is -3.53. The third-order valence-corrected chi connectivity index (χ3v) is 7.90. The number of carbonyl (C=O) groups is 2. The molecule has 2 aliphatic carbocycles. The Morgan fingerprint density at radius 2 is 2.08 bits per heavy atom. The zero-order valence-corrected chi connectivity index (χ0v) is 21.3. The number of fused-ring (bicyclic) bond motifs is 2. The summed E-state index contributed by atoms with van der Waals surface area (Å²) in [7, 11) is 1.26. The summed E-state index contributed by atoms with van der Waals surface area (Å²) in [6.07, 6.45) is 2.52. The molecule has 13 nitrogen and oxygen atoms in total. The number of amides is 2. The lowest BCUT2D eigenvalue weighted by atomic mass is 10.2. The molecule has 4 N–H and O–H groups in total. The van der Waals surface area contributed by atoms with E-state index < -0.39 is 43.1 Å². The standard InChI is InChI=1S/C26H31N9O4/c1-13-11-26(13,23(27)36)35-22-17(14(2)32-35)7-8-20(31-22)30-21-10-18-19(12-28-21)33(3)25(38)34(18)16-6-5-15(9-16)29-24(37)39-4/h7-8,10,12-13,15-16H,5-6,9,11H2,1-4H3,(H2,27,36)(H,29,37)(H,28,30,31)/i2D3,3D3. The van der Waals surface area contributed by atoms with Gasteiger partial charge in [-0.05, 0) is 50.6 Å². The molecular weight excluding hydrogens is 502 g/mol. The fraction of sp³-hybridized carbons (Fsp3) is 0.462. The van der Waals surface area contributed by atoms with E-state index in [2.05, 4.69) is 30.4 Å². The van der Waals surface area contributed by atoms with Gasteiger partial charge in [0, 0.05) is 38.7 Å². The predicted molar refractivity (Wildman–Crippen MR) is 144 cm³/mol. The van der Waals surface area contributed by atoms with Crippen molar-refractivity contribution in [2.45, 2.75) is 57.1 Å². The topological polar surface area (TPSA) is 164 Å². The van der Waals surface area contributed by atoms with E-state index in [9.17, 15) is 14.4 Å². The van der Waals surface area contributed by atoms with Crippen LogP contribution in [0.5, 0.6) is 0 Å². The van der Waals surface area contributed by atoms with Gasteiger partial charge in [-0.25, -0.2) is 24.2 Å². The predicted octanol–water partition coefficient (Wildman–Crippen LogP) is 2.20. The minimum atomic E-state index is -2.78. The van der Waals surface area contributed by atoms with Crippen molar-refractivity contribution < 1.29 is 22.6 Å². The number of pyridine rings is 2. The summed E-state index contributed by atoms with van der Waals surface area (Å²) >= 11 is 0. The van der Waals surface area contributed by atoms with E-state index in [-0.39, 0.29) is 45.8 Å². The Bertz CT molecular complexity index is 1910. The Labute approximate surface area is 231 Å². The number of nitrogens with two attached hydrogens (primary N) is 1. The first kappa shape index (κ1) is 18.8. The number of ether oxygens (including phenoxy) is 1. The molecule has 2 aliphatic rings. The van der Waals surface area contributed by atoms with E-state index in [0.717, 1.165) is 4.57 Å².